The molecule has 0 spiro atoms. The monoisotopic (exact) mass is 295 g/mol. The molecular formula is C17H26ClNO. The van der Waals surface area contributed by atoms with Gasteiger partial charge in [-0.15, -0.1) is 0 Å². The molecule has 20 heavy (non-hydrogen) atoms. The Kier molecular flexibility index (Phi) is 5.20. The van der Waals surface area contributed by atoms with Gasteiger partial charge in [0.15, 0.2) is 0 Å². The molecule has 0 bridgehead atoms. The molecule has 3 unspecified atom stereocenters. The molecule has 2 nitrogen and oxygen atoms in total. The summed E-state index contributed by atoms with van der Waals surface area (Å²) < 4.78 is 5.67. The van der Waals surface area contributed by atoms with E-state index in [1.807, 2.05) is 26.0 Å². The Hall–Kier alpha value is -0.890. The van der Waals surface area contributed by atoms with E-state index in [4.69, 9.17) is 16.3 Å². The second kappa shape index (κ2) is 6.71. The van der Waals surface area contributed by atoms with Crippen LogP contribution in [-0.4, -0.2) is 12.1 Å². The summed E-state index contributed by atoms with van der Waals surface area (Å²) in [7, 11) is 0. The first-order chi connectivity index (χ1) is 9.45. The van der Waals surface area contributed by atoms with Crippen LogP contribution in [0.1, 0.15) is 47.0 Å². The summed E-state index contributed by atoms with van der Waals surface area (Å²) in [5.41, 5.74) is 1.09. The average molecular weight is 296 g/mol. The third-order valence-corrected chi connectivity index (χ3v) is 4.37. The zero-order valence-corrected chi connectivity index (χ0v) is 13.7. The maximum Gasteiger partial charge on any atom is 0.138 e. The second-order valence-corrected chi connectivity index (χ2v) is 6.87. The van der Waals surface area contributed by atoms with Crippen LogP contribution in [0, 0.1) is 11.8 Å². The van der Waals surface area contributed by atoms with Crippen LogP contribution in [0.2, 0.25) is 5.02 Å². The van der Waals surface area contributed by atoms with Crippen molar-refractivity contribution in [2.45, 2.75) is 59.1 Å². The van der Waals surface area contributed by atoms with E-state index in [2.05, 4.69) is 25.2 Å². The Bertz CT molecular complexity index is 447. The molecule has 0 radical (unpaired) electrons. The van der Waals surface area contributed by atoms with Gasteiger partial charge in [0.2, 0.25) is 0 Å². The fourth-order valence-electron chi connectivity index (χ4n) is 3.03. The van der Waals surface area contributed by atoms with Crippen LogP contribution in [0.3, 0.4) is 0 Å². The van der Waals surface area contributed by atoms with Crippen LogP contribution >= 0.6 is 11.6 Å². The number of halogens is 1. The quantitative estimate of drug-likeness (QED) is 0.807. The fourth-order valence-corrected chi connectivity index (χ4v) is 3.26. The summed E-state index contributed by atoms with van der Waals surface area (Å²) >= 11 is 6.29. The van der Waals surface area contributed by atoms with Gasteiger partial charge in [-0.05, 0) is 63.1 Å². The van der Waals surface area contributed by atoms with E-state index in [9.17, 15) is 0 Å². The molecule has 0 aromatic heterocycles. The fraction of sp³-hybridized carbons (Fsp3) is 0.647. The normalized spacial score (nSPS) is 26.6. The summed E-state index contributed by atoms with van der Waals surface area (Å²) in [5, 5.41) is 4.31. The van der Waals surface area contributed by atoms with Crippen molar-refractivity contribution in [3.8, 4) is 5.75 Å². The molecule has 0 saturated heterocycles. The summed E-state index contributed by atoms with van der Waals surface area (Å²) in [5.74, 6) is 2.33. The first-order valence-corrected chi connectivity index (χ1v) is 8.06. The minimum atomic E-state index is 0.145. The van der Waals surface area contributed by atoms with E-state index in [0.29, 0.717) is 17.0 Å². The molecule has 2 rings (SSSR count). The first-order valence-electron chi connectivity index (χ1n) is 7.68. The van der Waals surface area contributed by atoms with Gasteiger partial charge in [-0.25, -0.2) is 0 Å². The number of ether oxygens (including phenoxy) is 1. The molecule has 1 N–H and O–H groups in total. The molecule has 1 fully saturated rings. The van der Waals surface area contributed by atoms with Crippen LogP contribution in [0.5, 0.6) is 5.75 Å². The molecule has 1 aliphatic rings. The van der Waals surface area contributed by atoms with Crippen LogP contribution in [0.15, 0.2) is 18.2 Å². The lowest BCUT2D eigenvalue weighted by molar-refractivity contribution is 0.242. The third-order valence-electron chi connectivity index (χ3n) is 4.08. The summed E-state index contributed by atoms with van der Waals surface area (Å²) in [4.78, 5) is 0. The Balaban J connectivity index is 2.01. The smallest absolute Gasteiger partial charge is 0.138 e. The van der Waals surface area contributed by atoms with E-state index >= 15 is 0 Å². The zero-order valence-electron chi connectivity index (χ0n) is 12.9. The van der Waals surface area contributed by atoms with Crippen LogP contribution in [0.25, 0.3) is 0 Å². The highest BCUT2D eigenvalue weighted by molar-refractivity contribution is 6.32. The summed E-state index contributed by atoms with van der Waals surface area (Å²) in [6.07, 6.45) is 4.00. The van der Waals surface area contributed by atoms with Gasteiger partial charge in [0, 0.05) is 11.7 Å². The molecule has 0 aliphatic heterocycles. The minimum Gasteiger partial charge on any atom is -0.489 e. The summed E-state index contributed by atoms with van der Waals surface area (Å²) in [6, 6.07) is 6.55. The lowest BCUT2D eigenvalue weighted by atomic mass is 9.80. The first kappa shape index (κ1) is 15.5. The molecule has 3 atom stereocenters. The van der Waals surface area contributed by atoms with E-state index in [0.717, 1.165) is 17.4 Å². The van der Waals surface area contributed by atoms with Gasteiger partial charge in [-0.1, -0.05) is 25.4 Å². The third kappa shape index (κ3) is 4.05. The predicted octanol–water partition coefficient (Wildman–Crippen LogP) is 5.36. The highest BCUT2D eigenvalue weighted by Crippen LogP contribution is 2.33. The van der Waals surface area contributed by atoms with Crippen molar-refractivity contribution in [3.05, 3.63) is 23.2 Å². The van der Waals surface area contributed by atoms with Crippen LogP contribution in [-0.2, 0) is 0 Å². The van der Waals surface area contributed by atoms with E-state index in [1.54, 1.807) is 0 Å². The molecular weight excluding hydrogens is 270 g/mol. The second-order valence-electron chi connectivity index (χ2n) is 6.46. The minimum absolute atomic E-state index is 0.145. The number of anilines is 1. The van der Waals surface area contributed by atoms with E-state index in [1.165, 1.54) is 19.3 Å². The van der Waals surface area contributed by atoms with Gasteiger partial charge in [0.25, 0.3) is 0 Å². The largest absolute Gasteiger partial charge is 0.489 e. The van der Waals surface area contributed by atoms with E-state index in [-0.39, 0.29) is 6.10 Å². The van der Waals surface area contributed by atoms with Gasteiger partial charge >= 0.3 is 0 Å². The van der Waals surface area contributed by atoms with Crippen molar-refractivity contribution in [2.24, 2.45) is 11.8 Å². The standard InChI is InChI=1S/C17H26ClNO/c1-11(2)20-17-8-6-14(10-15(17)18)19-16-7-5-12(3)9-13(16)4/h6,8,10-13,16,19H,5,7,9H2,1-4H3. The van der Waals surface area contributed by atoms with Gasteiger partial charge < -0.3 is 10.1 Å². The van der Waals surface area contributed by atoms with Gasteiger partial charge in [0.1, 0.15) is 5.75 Å². The van der Waals surface area contributed by atoms with Crippen molar-refractivity contribution in [2.75, 3.05) is 5.32 Å². The number of nitrogens with one attached hydrogen (secondary N) is 1. The van der Waals surface area contributed by atoms with Crippen LogP contribution < -0.4 is 10.1 Å². The number of hydrogen-bond donors (Lipinski definition) is 1. The molecule has 1 aromatic carbocycles. The highest BCUT2D eigenvalue weighted by atomic mass is 35.5. The Morgan fingerprint density at radius 3 is 2.60 bits per heavy atom. The number of benzene rings is 1. The number of rotatable bonds is 4. The zero-order chi connectivity index (χ0) is 14.7. The Labute approximate surface area is 127 Å². The maximum absolute atomic E-state index is 6.29. The molecule has 112 valence electrons. The molecule has 0 amide bonds. The summed E-state index contributed by atoms with van der Waals surface area (Å²) in [6.45, 7) is 8.70. The molecule has 1 aliphatic carbocycles. The van der Waals surface area contributed by atoms with Crippen molar-refractivity contribution in [1.82, 2.24) is 0 Å². The molecule has 3 heteroatoms. The lowest BCUT2D eigenvalue weighted by Crippen LogP contribution is -2.32. The van der Waals surface area contributed by atoms with E-state index < -0.39 is 0 Å². The number of hydrogen-bond acceptors (Lipinski definition) is 2. The topological polar surface area (TPSA) is 21.3 Å². The molecule has 0 heterocycles. The van der Waals surface area contributed by atoms with Crippen molar-refractivity contribution >= 4 is 17.3 Å². The molecule has 1 saturated carbocycles. The Morgan fingerprint density at radius 1 is 1.25 bits per heavy atom. The van der Waals surface area contributed by atoms with Crippen molar-refractivity contribution in [1.29, 1.82) is 0 Å². The highest BCUT2D eigenvalue weighted by Gasteiger charge is 2.25. The average Bonchev–Trinajstić information content (AvgIpc) is 2.36. The van der Waals surface area contributed by atoms with Crippen LogP contribution in [0.4, 0.5) is 5.69 Å². The predicted molar refractivity (Wildman–Crippen MR) is 86.8 cm³/mol. The van der Waals surface area contributed by atoms with Gasteiger partial charge in [0.05, 0.1) is 11.1 Å². The SMILES string of the molecule is CC1CCC(Nc2ccc(OC(C)C)c(Cl)c2)C(C)C1. The lowest BCUT2D eigenvalue weighted by Gasteiger charge is -2.34. The molecule has 1 aromatic rings. The Morgan fingerprint density at radius 2 is 2.00 bits per heavy atom. The van der Waals surface area contributed by atoms with Crippen molar-refractivity contribution < 1.29 is 4.74 Å². The van der Waals surface area contributed by atoms with Gasteiger partial charge in [-0.3, -0.25) is 0 Å². The maximum atomic E-state index is 6.29. The van der Waals surface area contributed by atoms with Gasteiger partial charge in [-0.2, -0.15) is 0 Å². The van der Waals surface area contributed by atoms with Crippen molar-refractivity contribution in [3.63, 3.8) is 0 Å².